The van der Waals surface area contributed by atoms with Crippen LogP contribution in [0.4, 0.5) is 0 Å². The number of hydrogen-bond acceptors (Lipinski definition) is 2. The van der Waals surface area contributed by atoms with E-state index in [1.807, 2.05) is 0 Å². The molecule has 0 radical (unpaired) electrons. The van der Waals surface area contributed by atoms with Crippen LogP contribution in [0, 0.1) is 13.8 Å². The zero-order valence-corrected chi connectivity index (χ0v) is 12.4. The van der Waals surface area contributed by atoms with Crippen LogP contribution in [0.3, 0.4) is 0 Å². The molecule has 0 saturated carbocycles. The summed E-state index contributed by atoms with van der Waals surface area (Å²) >= 11 is 3.71. The number of rotatable bonds is 3. The van der Waals surface area contributed by atoms with E-state index in [1.165, 1.54) is 34.0 Å². The predicted molar refractivity (Wildman–Crippen MR) is 74.9 cm³/mol. The summed E-state index contributed by atoms with van der Waals surface area (Å²) in [6.07, 6.45) is 3.60. The average molecular weight is 298 g/mol. The lowest BCUT2D eigenvalue weighted by molar-refractivity contribution is 0.403. The molecular weight excluding hydrogens is 278 g/mol. The van der Waals surface area contributed by atoms with Gasteiger partial charge in [0.2, 0.25) is 0 Å². The van der Waals surface area contributed by atoms with E-state index in [9.17, 15) is 0 Å². The second-order valence-electron chi connectivity index (χ2n) is 4.83. The Balaban J connectivity index is 2.35. The van der Waals surface area contributed by atoms with Gasteiger partial charge in [-0.3, -0.25) is 0 Å². The summed E-state index contributed by atoms with van der Waals surface area (Å²) in [7, 11) is 1.76. The molecule has 1 aromatic rings. The molecule has 1 aliphatic rings. The molecule has 0 spiro atoms. The van der Waals surface area contributed by atoms with Crippen molar-refractivity contribution < 1.29 is 4.74 Å². The summed E-state index contributed by atoms with van der Waals surface area (Å²) in [4.78, 5) is 0. The Kier molecular flexibility index (Phi) is 4.10. The minimum atomic E-state index is 0.599. The van der Waals surface area contributed by atoms with E-state index in [1.54, 1.807) is 7.11 Å². The maximum Gasteiger partial charge on any atom is 0.126 e. The first-order valence-corrected chi connectivity index (χ1v) is 6.98. The molecule has 2 rings (SSSR count). The highest BCUT2D eigenvalue weighted by molar-refractivity contribution is 9.10. The highest BCUT2D eigenvalue weighted by Gasteiger charge is 2.20. The average Bonchev–Trinajstić information content (AvgIpc) is 2.78. The number of benzene rings is 1. The van der Waals surface area contributed by atoms with Crippen LogP contribution in [-0.2, 0) is 6.42 Å². The minimum absolute atomic E-state index is 0.599. The first kappa shape index (κ1) is 12.9. The maximum atomic E-state index is 5.56. The van der Waals surface area contributed by atoms with Crippen LogP contribution in [0.25, 0.3) is 0 Å². The van der Waals surface area contributed by atoms with Gasteiger partial charge >= 0.3 is 0 Å². The zero-order chi connectivity index (χ0) is 12.4. The summed E-state index contributed by atoms with van der Waals surface area (Å²) in [5.41, 5.74) is 3.82. The SMILES string of the molecule is COc1c(C)cc(C)c(Br)c1CC1CCCN1. The van der Waals surface area contributed by atoms with E-state index in [-0.39, 0.29) is 0 Å². The van der Waals surface area contributed by atoms with Gasteiger partial charge in [0.15, 0.2) is 0 Å². The Morgan fingerprint density at radius 2 is 2.18 bits per heavy atom. The normalized spacial score (nSPS) is 19.6. The molecule has 0 aromatic heterocycles. The number of hydrogen-bond donors (Lipinski definition) is 1. The van der Waals surface area contributed by atoms with Crippen molar-refractivity contribution in [3.63, 3.8) is 0 Å². The van der Waals surface area contributed by atoms with Gasteiger partial charge in [0.25, 0.3) is 0 Å². The van der Waals surface area contributed by atoms with Crippen molar-refractivity contribution in [2.75, 3.05) is 13.7 Å². The molecule has 1 aromatic carbocycles. The van der Waals surface area contributed by atoms with E-state index >= 15 is 0 Å². The third kappa shape index (κ3) is 2.66. The van der Waals surface area contributed by atoms with Crippen LogP contribution in [0.1, 0.15) is 29.5 Å². The fourth-order valence-corrected chi connectivity index (χ4v) is 3.13. The molecule has 94 valence electrons. The Hall–Kier alpha value is -0.540. The molecule has 1 aliphatic heterocycles. The minimum Gasteiger partial charge on any atom is -0.496 e. The topological polar surface area (TPSA) is 21.3 Å². The van der Waals surface area contributed by atoms with Crippen molar-refractivity contribution in [3.05, 3.63) is 27.2 Å². The Bertz CT molecular complexity index is 411. The zero-order valence-electron chi connectivity index (χ0n) is 10.8. The standard InChI is InChI=1S/C14H20BrNO/c1-9-7-10(2)14(17-3)12(13(9)15)8-11-5-4-6-16-11/h7,11,16H,4-6,8H2,1-3H3. The van der Waals surface area contributed by atoms with E-state index in [4.69, 9.17) is 4.74 Å². The van der Waals surface area contributed by atoms with E-state index in [0.29, 0.717) is 6.04 Å². The molecule has 1 heterocycles. The fourth-order valence-electron chi connectivity index (χ4n) is 2.67. The van der Waals surface area contributed by atoms with Crippen molar-refractivity contribution in [1.29, 1.82) is 0 Å². The smallest absolute Gasteiger partial charge is 0.126 e. The third-order valence-electron chi connectivity index (χ3n) is 3.49. The van der Waals surface area contributed by atoms with Crippen molar-refractivity contribution in [3.8, 4) is 5.75 Å². The van der Waals surface area contributed by atoms with Crippen LogP contribution in [0.5, 0.6) is 5.75 Å². The van der Waals surface area contributed by atoms with Gasteiger partial charge in [-0.05, 0) is 50.8 Å². The molecule has 0 amide bonds. The van der Waals surface area contributed by atoms with Gasteiger partial charge in [0, 0.05) is 16.1 Å². The molecule has 2 nitrogen and oxygen atoms in total. The van der Waals surface area contributed by atoms with Crippen LogP contribution in [-0.4, -0.2) is 19.7 Å². The molecule has 0 bridgehead atoms. The first-order valence-electron chi connectivity index (χ1n) is 6.19. The highest BCUT2D eigenvalue weighted by Crippen LogP contribution is 2.34. The number of methoxy groups -OCH3 is 1. The van der Waals surface area contributed by atoms with Crippen LogP contribution < -0.4 is 10.1 Å². The lowest BCUT2D eigenvalue weighted by atomic mass is 9.99. The summed E-state index contributed by atoms with van der Waals surface area (Å²) in [5.74, 6) is 1.04. The second-order valence-corrected chi connectivity index (χ2v) is 5.63. The van der Waals surface area contributed by atoms with E-state index < -0.39 is 0 Å². The highest BCUT2D eigenvalue weighted by atomic mass is 79.9. The van der Waals surface area contributed by atoms with Crippen LogP contribution in [0.2, 0.25) is 0 Å². The van der Waals surface area contributed by atoms with Crippen LogP contribution in [0.15, 0.2) is 10.5 Å². The van der Waals surface area contributed by atoms with Crippen molar-refractivity contribution >= 4 is 15.9 Å². The van der Waals surface area contributed by atoms with Crippen molar-refractivity contribution in [2.24, 2.45) is 0 Å². The van der Waals surface area contributed by atoms with Gasteiger partial charge < -0.3 is 10.1 Å². The summed E-state index contributed by atoms with van der Waals surface area (Å²) < 4.78 is 6.77. The number of nitrogens with one attached hydrogen (secondary N) is 1. The van der Waals surface area contributed by atoms with Gasteiger partial charge in [0.05, 0.1) is 7.11 Å². The Morgan fingerprint density at radius 3 is 2.76 bits per heavy atom. The van der Waals surface area contributed by atoms with Crippen LogP contribution >= 0.6 is 15.9 Å². The molecule has 1 unspecified atom stereocenters. The summed E-state index contributed by atoms with van der Waals surface area (Å²) in [5, 5.41) is 3.55. The number of ether oxygens (including phenoxy) is 1. The van der Waals surface area contributed by atoms with Gasteiger partial charge in [0.1, 0.15) is 5.75 Å². The summed E-state index contributed by atoms with van der Waals surface area (Å²) in [6, 6.07) is 2.77. The first-order chi connectivity index (χ1) is 8.13. The van der Waals surface area contributed by atoms with Crippen molar-refractivity contribution in [2.45, 2.75) is 39.2 Å². The molecule has 3 heteroatoms. The lowest BCUT2D eigenvalue weighted by Crippen LogP contribution is -2.24. The van der Waals surface area contributed by atoms with E-state index in [0.717, 1.165) is 18.7 Å². The monoisotopic (exact) mass is 297 g/mol. The van der Waals surface area contributed by atoms with Crippen molar-refractivity contribution in [1.82, 2.24) is 5.32 Å². The van der Waals surface area contributed by atoms with Gasteiger partial charge in [-0.25, -0.2) is 0 Å². The number of halogens is 1. The van der Waals surface area contributed by atoms with Gasteiger partial charge in [-0.1, -0.05) is 22.0 Å². The molecule has 17 heavy (non-hydrogen) atoms. The van der Waals surface area contributed by atoms with E-state index in [2.05, 4.69) is 41.2 Å². The molecule has 1 fully saturated rings. The maximum absolute atomic E-state index is 5.56. The molecular formula is C14H20BrNO. The van der Waals surface area contributed by atoms with Gasteiger partial charge in [-0.15, -0.1) is 0 Å². The lowest BCUT2D eigenvalue weighted by Gasteiger charge is -2.18. The molecule has 1 N–H and O–H groups in total. The Morgan fingerprint density at radius 1 is 1.41 bits per heavy atom. The third-order valence-corrected chi connectivity index (χ3v) is 4.60. The molecule has 1 atom stereocenters. The Labute approximate surface area is 112 Å². The molecule has 1 saturated heterocycles. The van der Waals surface area contributed by atoms with Gasteiger partial charge in [-0.2, -0.15) is 0 Å². The second kappa shape index (κ2) is 5.40. The fraction of sp³-hybridized carbons (Fsp3) is 0.571. The molecule has 0 aliphatic carbocycles. The summed E-state index contributed by atoms with van der Waals surface area (Å²) in [6.45, 7) is 5.40. The largest absolute Gasteiger partial charge is 0.496 e. The predicted octanol–water partition coefficient (Wildman–Crippen LogP) is 3.37. The quantitative estimate of drug-likeness (QED) is 0.924. The number of aryl methyl sites for hydroxylation is 2.